The zero-order chi connectivity index (χ0) is 14.0. The normalized spacial score (nSPS) is 12.7. The first-order chi connectivity index (χ1) is 8.18. The van der Waals surface area contributed by atoms with Gasteiger partial charge in [0.15, 0.2) is 0 Å². The molecule has 0 saturated carbocycles. The predicted molar refractivity (Wildman–Crippen MR) is 73.6 cm³/mol. The Kier molecular flexibility index (Phi) is 4.63. The Balaban J connectivity index is 2.90. The van der Waals surface area contributed by atoms with Gasteiger partial charge in [-0.05, 0) is 38.3 Å². The third kappa shape index (κ3) is 3.86. The quantitative estimate of drug-likeness (QED) is 0.812. The highest BCUT2D eigenvalue weighted by atomic mass is 32.2. The van der Waals surface area contributed by atoms with Crippen molar-refractivity contribution in [1.82, 2.24) is 4.72 Å². The van der Waals surface area contributed by atoms with Gasteiger partial charge in [0.2, 0.25) is 10.0 Å². The predicted octanol–water partition coefficient (Wildman–Crippen LogP) is 1.83. The van der Waals surface area contributed by atoms with Crippen LogP contribution in [-0.4, -0.2) is 26.0 Å². The van der Waals surface area contributed by atoms with Crippen LogP contribution >= 0.6 is 11.8 Å². The number of sulfonamides is 1. The molecule has 7 heteroatoms. The molecule has 1 rings (SSSR count). The molecule has 0 heterocycles. The van der Waals surface area contributed by atoms with Crippen molar-refractivity contribution in [3.8, 4) is 0 Å². The number of halogens is 1. The van der Waals surface area contributed by atoms with Crippen molar-refractivity contribution in [2.75, 3.05) is 18.5 Å². The number of benzene rings is 1. The van der Waals surface area contributed by atoms with Crippen LogP contribution in [0.2, 0.25) is 0 Å². The molecule has 0 aliphatic carbocycles. The first-order valence-corrected chi connectivity index (χ1v) is 7.98. The smallest absolute Gasteiger partial charge is 0.240 e. The Labute approximate surface area is 111 Å². The lowest BCUT2D eigenvalue weighted by molar-refractivity contribution is 0.570. The van der Waals surface area contributed by atoms with E-state index in [-0.39, 0.29) is 21.9 Å². The standard InChI is InChI=1S/C11H17FN2O2S2/c1-11(2,17-3)7-14-18(15,16)8-4-5-9(12)10(13)6-8/h4-6,14H,7,13H2,1-3H3. The van der Waals surface area contributed by atoms with Gasteiger partial charge in [0.25, 0.3) is 0 Å². The number of rotatable bonds is 5. The maximum absolute atomic E-state index is 13.0. The number of hydrogen-bond donors (Lipinski definition) is 2. The summed E-state index contributed by atoms with van der Waals surface area (Å²) in [5, 5.41) is 0. The van der Waals surface area contributed by atoms with Crippen LogP contribution in [0.15, 0.2) is 23.1 Å². The van der Waals surface area contributed by atoms with Gasteiger partial charge in [-0.3, -0.25) is 0 Å². The van der Waals surface area contributed by atoms with E-state index in [0.717, 1.165) is 12.1 Å². The molecular weight excluding hydrogens is 275 g/mol. The molecule has 0 spiro atoms. The molecule has 0 fully saturated rings. The van der Waals surface area contributed by atoms with Crippen molar-refractivity contribution in [3.05, 3.63) is 24.0 Å². The summed E-state index contributed by atoms with van der Waals surface area (Å²) in [6.07, 6.45) is 1.91. The van der Waals surface area contributed by atoms with Crippen LogP contribution in [0.4, 0.5) is 10.1 Å². The van der Waals surface area contributed by atoms with Gasteiger partial charge in [-0.2, -0.15) is 11.8 Å². The van der Waals surface area contributed by atoms with E-state index in [1.165, 1.54) is 6.07 Å². The van der Waals surface area contributed by atoms with Crippen LogP contribution < -0.4 is 10.5 Å². The molecule has 0 atom stereocenters. The highest BCUT2D eigenvalue weighted by Gasteiger charge is 2.21. The average molecular weight is 292 g/mol. The zero-order valence-corrected chi connectivity index (χ0v) is 12.2. The van der Waals surface area contributed by atoms with E-state index in [4.69, 9.17) is 5.73 Å². The number of nitrogens with two attached hydrogens (primary N) is 1. The Morgan fingerprint density at radius 1 is 1.44 bits per heavy atom. The van der Waals surface area contributed by atoms with Crippen molar-refractivity contribution < 1.29 is 12.8 Å². The lowest BCUT2D eigenvalue weighted by atomic mass is 10.2. The van der Waals surface area contributed by atoms with Crippen molar-refractivity contribution in [2.45, 2.75) is 23.5 Å². The van der Waals surface area contributed by atoms with E-state index >= 15 is 0 Å². The van der Waals surface area contributed by atoms with Gasteiger partial charge in [-0.25, -0.2) is 17.5 Å². The van der Waals surface area contributed by atoms with Gasteiger partial charge < -0.3 is 5.73 Å². The molecule has 0 radical (unpaired) electrons. The summed E-state index contributed by atoms with van der Waals surface area (Å²) in [5.41, 5.74) is 5.18. The minimum Gasteiger partial charge on any atom is -0.396 e. The summed E-state index contributed by atoms with van der Waals surface area (Å²) in [7, 11) is -3.65. The van der Waals surface area contributed by atoms with Crippen LogP contribution in [0.3, 0.4) is 0 Å². The topological polar surface area (TPSA) is 72.2 Å². The molecule has 1 aromatic carbocycles. The zero-order valence-electron chi connectivity index (χ0n) is 10.5. The molecule has 3 N–H and O–H groups in total. The molecule has 0 aliphatic rings. The first kappa shape index (κ1) is 15.3. The summed E-state index contributed by atoms with van der Waals surface area (Å²) in [6.45, 7) is 4.15. The maximum atomic E-state index is 13.0. The van der Waals surface area contributed by atoms with E-state index in [1.54, 1.807) is 11.8 Å². The van der Waals surface area contributed by atoms with Gasteiger partial charge in [-0.15, -0.1) is 0 Å². The fourth-order valence-electron chi connectivity index (χ4n) is 1.11. The molecule has 18 heavy (non-hydrogen) atoms. The van der Waals surface area contributed by atoms with E-state index < -0.39 is 15.8 Å². The van der Waals surface area contributed by atoms with Gasteiger partial charge >= 0.3 is 0 Å². The summed E-state index contributed by atoms with van der Waals surface area (Å²) in [5.74, 6) is -0.626. The highest BCUT2D eigenvalue weighted by molar-refractivity contribution is 8.00. The SMILES string of the molecule is CSC(C)(C)CNS(=O)(=O)c1ccc(F)c(N)c1. The lowest BCUT2D eigenvalue weighted by Crippen LogP contribution is -2.36. The van der Waals surface area contributed by atoms with Gasteiger partial charge in [-0.1, -0.05) is 0 Å². The van der Waals surface area contributed by atoms with Crippen LogP contribution in [0.25, 0.3) is 0 Å². The number of nitrogens with one attached hydrogen (secondary N) is 1. The van der Waals surface area contributed by atoms with Gasteiger partial charge in [0.05, 0.1) is 10.6 Å². The Morgan fingerprint density at radius 2 is 2.06 bits per heavy atom. The van der Waals surface area contributed by atoms with E-state index in [2.05, 4.69) is 4.72 Å². The second kappa shape index (κ2) is 5.46. The molecule has 4 nitrogen and oxygen atoms in total. The third-order valence-corrected chi connectivity index (χ3v) is 5.17. The molecule has 0 aromatic heterocycles. The molecule has 0 unspecified atom stereocenters. The lowest BCUT2D eigenvalue weighted by Gasteiger charge is -2.22. The second-order valence-electron chi connectivity index (χ2n) is 4.47. The maximum Gasteiger partial charge on any atom is 0.240 e. The van der Waals surface area contributed by atoms with Gasteiger partial charge in [0, 0.05) is 11.3 Å². The minimum absolute atomic E-state index is 0.0293. The van der Waals surface area contributed by atoms with Crippen LogP contribution in [0.1, 0.15) is 13.8 Å². The average Bonchev–Trinajstić information content (AvgIpc) is 2.30. The summed E-state index contributed by atoms with van der Waals surface area (Å²) < 4.78 is 39.2. The second-order valence-corrected chi connectivity index (χ2v) is 7.75. The van der Waals surface area contributed by atoms with Gasteiger partial charge in [0.1, 0.15) is 5.82 Å². The Morgan fingerprint density at radius 3 is 2.56 bits per heavy atom. The van der Waals surface area contributed by atoms with Crippen LogP contribution in [0, 0.1) is 5.82 Å². The van der Waals surface area contributed by atoms with Crippen LogP contribution in [0.5, 0.6) is 0 Å². The fourth-order valence-corrected chi connectivity index (χ4v) is 2.67. The number of anilines is 1. The number of thioether (sulfide) groups is 1. The minimum atomic E-state index is -3.65. The summed E-state index contributed by atoms with van der Waals surface area (Å²) >= 11 is 1.56. The molecule has 1 aromatic rings. The highest BCUT2D eigenvalue weighted by Crippen LogP contribution is 2.21. The van der Waals surface area contributed by atoms with Crippen molar-refractivity contribution in [3.63, 3.8) is 0 Å². The van der Waals surface area contributed by atoms with E-state index in [1.807, 2.05) is 20.1 Å². The van der Waals surface area contributed by atoms with E-state index in [0.29, 0.717) is 0 Å². The number of nitrogen functional groups attached to an aromatic ring is 1. The van der Waals surface area contributed by atoms with Crippen LogP contribution in [-0.2, 0) is 10.0 Å². The fraction of sp³-hybridized carbons (Fsp3) is 0.455. The molecule has 0 aliphatic heterocycles. The first-order valence-electron chi connectivity index (χ1n) is 5.28. The Hall–Kier alpha value is -0.790. The summed E-state index contributed by atoms with van der Waals surface area (Å²) in [4.78, 5) is -0.0293. The Bertz CT molecular complexity index is 530. The molecule has 0 saturated heterocycles. The largest absolute Gasteiger partial charge is 0.396 e. The monoisotopic (exact) mass is 292 g/mol. The molecular formula is C11H17FN2O2S2. The third-order valence-electron chi connectivity index (χ3n) is 2.52. The van der Waals surface area contributed by atoms with Crippen molar-refractivity contribution >= 4 is 27.5 Å². The molecule has 0 amide bonds. The number of hydrogen-bond acceptors (Lipinski definition) is 4. The van der Waals surface area contributed by atoms with Crippen molar-refractivity contribution in [2.24, 2.45) is 0 Å². The molecule has 102 valence electrons. The van der Waals surface area contributed by atoms with Crippen molar-refractivity contribution in [1.29, 1.82) is 0 Å². The van der Waals surface area contributed by atoms with E-state index in [9.17, 15) is 12.8 Å². The summed E-state index contributed by atoms with van der Waals surface area (Å²) in [6, 6.07) is 3.35. The molecule has 0 bridgehead atoms.